The van der Waals surface area contributed by atoms with Gasteiger partial charge in [-0.2, -0.15) is 0 Å². The third kappa shape index (κ3) is 2.57. The van der Waals surface area contributed by atoms with E-state index in [0.717, 1.165) is 18.8 Å². The molecule has 72 valence electrons. The fourth-order valence-electron chi connectivity index (χ4n) is 1.21. The summed E-state index contributed by atoms with van der Waals surface area (Å²) in [5.41, 5.74) is -0.0922. The van der Waals surface area contributed by atoms with Gasteiger partial charge in [-0.15, -0.1) is 0 Å². The number of nitrogens with one attached hydrogen (secondary N) is 1. The average molecular weight is 181 g/mol. The number of aromatic amines is 1. The molecule has 4 nitrogen and oxygen atoms in total. The predicted octanol–water partition coefficient (Wildman–Crippen LogP) is 0.925. The van der Waals surface area contributed by atoms with Crippen LogP contribution in [0.25, 0.3) is 0 Å². The minimum absolute atomic E-state index is 0.0922. The molecule has 13 heavy (non-hydrogen) atoms. The molecule has 1 rings (SSSR count). The van der Waals surface area contributed by atoms with Crippen LogP contribution in [0.1, 0.15) is 19.2 Å². The Morgan fingerprint density at radius 3 is 2.85 bits per heavy atom. The number of rotatable bonds is 3. The summed E-state index contributed by atoms with van der Waals surface area (Å²) in [4.78, 5) is 19.9. The molecule has 0 aliphatic rings. The second kappa shape index (κ2) is 4.07. The van der Waals surface area contributed by atoms with Crippen LogP contribution in [-0.2, 0) is 0 Å². The zero-order valence-electron chi connectivity index (χ0n) is 8.29. The predicted molar refractivity (Wildman–Crippen MR) is 53.2 cm³/mol. The Balaban J connectivity index is 2.94. The van der Waals surface area contributed by atoms with Crippen molar-refractivity contribution in [1.29, 1.82) is 0 Å². The molecule has 0 saturated heterocycles. The van der Waals surface area contributed by atoms with Crippen LogP contribution >= 0.6 is 0 Å². The van der Waals surface area contributed by atoms with Crippen LogP contribution in [0.2, 0.25) is 0 Å². The van der Waals surface area contributed by atoms with Gasteiger partial charge in [0.1, 0.15) is 11.6 Å². The maximum Gasteiger partial charge on any atom is 0.252 e. The third-order valence-electron chi connectivity index (χ3n) is 1.80. The number of hydrogen-bond donors (Lipinski definition) is 1. The molecule has 0 amide bonds. The fraction of sp³-hybridized carbons (Fsp3) is 0.556. The van der Waals surface area contributed by atoms with Crippen LogP contribution in [-0.4, -0.2) is 23.6 Å². The Bertz CT molecular complexity index is 332. The maximum atomic E-state index is 11.1. The quantitative estimate of drug-likeness (QED) is 0.754. The summed E-state index contributed by atoms with van der Waals surface area (Å²) in [5.74, 6) is 1.40. The summed E-state index contributed by atoms with van der Waals surface area (Å²) in [7, 11) is 1.94. The topological polar surface area (TPSA) is 49.0 Å². The Morgan fingerprint density at radius 1 is 1.62 bits per heavy atom. The zero-order chi connectivity index (χ0) is 9.84. The average Bonchev–Trinajstić information content (AvgIpc) is 2.03. The third-order valence-corrected chi connectivity index (χ3v) is 1.80. The smallest absolute Gasteiger partial charge is 0.252 e. The summed E-state index contributed by atoms with van der Waals surface area (Å²) < 4.78 is 0. The van der Waals surface area contributed by atoms with Gasteiger partial charge in [-0.05, 0) is 13.3 Å². The summed E-state index contributed by atoms with van der Waals surface area (Å²) >= 11 is 0. The van der Waals surface area contributed by atoms with E-state index in [1.54, 1.807) is 6.92 Å². The molecule has 0 aromatic carbocycles. The molecule has 1 aromatic rings. The molecule has 4 heteroatoms. The molecule has 0 fully saturated rings. The van der Waals surface area contributed by atoms with Gasteiger partial charge < -0.3 is 9.88 Å². The highest BCUT2D eigenvalue weighted by atomic mass is 16.1. The zero-order valence-corrected chi connectivity index (χ0v) is 8.29. The molecule has 1 heterocycles. The van der Waals surface area contributed by atoms with Crippen LogP contribution in [0.3, 0.4) is 0 Å². The Hall–Kier alpha value is -1.32. The molecular weight excluding hydrogens is 166 g/mol. The minimum Gasteiger partial charge on any atom is -0.359 e. The monoisotopic (exact) mass is 181 g/mol. The van der Waals surface area contributed by atoms with E-state index in [4.69, 9.17) is 0 Å². The first kappa shape index (κ1) is 9.77. The van der Waals surface area contributed by atoms with Crippen LogP contribution in [0.15, 0.2) is 10.9 Å². The van der Waals surface area contributed by atoms with Gasteiger partial charge in [-0.25, -0.2) is 4.98 Å². The Labute approximate surface area is 77.6 Å². The number of hydrogen-bond acceptors (Lipinski definition) is 3. The molecule has 1 aromatic heterocycles. The normalized spacial score (nSPS) is 10.1. The summed E-state index contributed by atoms with van der Waals surface area (Å²) in [6.07, 6.45) is 1.05. The van der Waals surface area contributed by atoms with Crippen molar-refractivity contribution >= 4 is 5.82 Å². The van der Waals surface area contributed by atoms with E-state index in [9.17, 15) is 4.79 Å². The second-order valence-electron chi connectivity index (χ2n) is 3.11. The summed E-state index contributed by atoms with van der Waals surface area (Å²) in [5, 5.41) is 0. The fourth-order valence-corrected chi connectivity index (χ4v) is 1.21. The van der Waals surface area contributed by atoms with Crippen LogP contribution in [0.5, 0.6) is 0 Å². The summed E-state index contributed by atoms with van der Waals surface area (Å²) in [6, 6.07) is 1.52. The minimum atomic E-state index is -0.0922. The second-order valence-corrected chi connectivity index (χ2v) is 3.11. The van der Waals surface area contributed by atoms with Crippen LogP contribution < -0.4 is 10.5 Å². The van der Waals surface area contributed by atoms with E-state index >= 15 is 0 Å². The van der Waals surface area contributed by atoms with E-state index in [1.165, 1.54) is 6.07 Å². The Kier molecular flexibility index (Phi) is 3.06. The molecular formula is C9H15N3O. The van der Waals surface area contributed by atoms with Crippen molar-refractivity contribution in [1.82, 2.24) is 9.97 Å². The number of anilines is 1. The molecule has 0 atom stereocenters. The first-order valence-electron chi connectivity index (χ1n) is 4.42. The van der Waals surface area contributed by atoms with Crippen molar-refractivity contribution in [3.63, 3.8) is 0 Å². The highest BCUT2D eigenvalue weighted by Gasteiger charge is 2.02. The van der Waals surface area contributed by atoms with E-state index < -0.39 is 0 Å². The van der Waals surface area contributed by atoms with Crippen molar-refractivity contribution in [2.45, 2.75) is 20.3 Å². The lowest BCUT2D eigenvalue weighted by Crippen LogP contribution is -2.22. The van der Waals surface area contributed by atoms with Crippen molar-refractivity contribution in [3.8, 4) is 0 Å². The maximum absolute atomic E-state index is 11.1. The number of nitrogens with zero attached hydrogens (tertiary/aromatic N) is 2. The van der Waals surface area contributed by atoms with Gasteiger partial charge in [0.05, 0.1) is 0 Å². The van der Waals surface area contributed by atoms with Gasteiger partial charge in [-0.3, -0.25) is 4.79 Å². The molecule has 1 N–H and O–H groups in total. The molecule has 0 unspecified atom stereocenters. The van der Waals surface area contributed by atoms with Gasteiger partial charge in [0.2, 0.25) is 0 Å². The van der Waals surface area contributed by atoms with E-state index in [0.29, 0.717) is 5.82 Å². The van der Waals surface area contributed by atoms with Crippen molar-refractivity contribution in [2.75, 3.05) is 18.5 Å². The SMILES string of the molecule is CCCN(C)c1cc(=O)[nH]c(C)n1. The van der Waals surface area contributed by atoms with E-state index in [2.05, 4.69) is 16.9 Å². The molecule has 0 aliphatic carbocycles. The molecule has 0 saturated carbocycles. The van der Waals surface area contributed by atoms with Crippen LogP contribution in [0.4, 0.5) is 5.82 Å². The molecule has 0 radical (unpaired) electrons. The van der Waals surface area contributed by atoms with Gasteiger partial charge in [0.15, 0.2) is 0 Å². The van der Waals surface area contributed by atoms with Gasteiger partial charge in [-0.1, -0.05) is 6.92 Å². The van der Waals surface area contributed by atoms with E-state index in [-0.39, 0.29) is 5.56 Å². The highest BCUT2D eigenvalue weighted by Crippen LogP contribution is 2.04. The van der Waals surface area contributed by atoms with Gasteiger partial charge >= 0.3 is 0 Å². The number of aromatic nitrogens is 2. The first-order chi connectivity index (χ1) is 6.13. The van der Waals surface area contributed by atoms with Crippen molar-refractivity contribution in [2.24, 2.45) is 0 Å². The molecule has 0 aliphatic heterocycles. The van der Waals surface area contributed by atoms with Gasteiger partial charge in [0.25, 0.3) is 5.56 Å². The lowest BCUT2D eigenvalue weighted by atomic mass is 10.4. The Morgan fingerprint density at radius 2 is 2.31 bits per heavy atom. The molecule has 0 spiro atoms. The van der Waals surface area contributed by atoms with Crippen molar-refractivity contribution < 1.29 is 0 Å². The van der Waals surface area contributed by atoms with E-state index in [1.807, 2.05) is 11.9 Å². The highest BCUT2D eigenvalue weighted by molar-refractivity contribution is 5.35. The van der Waals surface area contributed by atoms with Gasteiger partial charge in [0, 0.05) is 19.7 Å². The lowest BCUT2D eigenvalue weighted by molar-refractivity contribution is 0.826. The standard InChI is InChI=1S/C9H15N3O/c1-4-5-12(3)8-6-9(13)11-7(2)10-8/h6H,4-5H2,1-3H3,(H,10,11,13). The first-order valence-corrected chi connectivity index (χ1v) is 4.42. The summed E-state index contributed by atoms with van der Waals surface area (Å²) in [6.45, 7) is 4.79. The molecule has 0 bridgehead atoms. The van der Waals surface area contributed by atoms with Crippen molar-refractivity contribution in [3.05, 3.63) is 22.2 Å². The van der Waals surface area contributed by atoms with Crippen LogP contribution in [0, 0.1) is 6.92 Å². The number of H-pyrrole nitrogens is 1. The number of aryl methyl sites for hydroxylation is 1. The lowest BCUT2D eigenvalue weighted by Gasteiger charge is -2.16. The largest absolute Gasteiger partial charge is 0.359 e.